The molecule has 1 saturated heterocycles. The van der Waals surface area contributed by atoms with Crippen LogP contribution in [-0.2, 0) is 4.79 Å². The second-order valence-electron chi connectivity index (χ2n) is 5.26. The molecular formula is C16H15NO4. The SMILES string of the molecule is O=C(O)[C@@H]1C[C@H](O)CN1C(=O)c1ccc2ccccc2c1. The minimum atomic E-state index is -1.08. The predicted molar refractivity (Wildman–Crippen MR) is 77.0 cm³/mol. The highest BCUT2D eigenvalue weighted by Crippen LogP contribution is 2.23. The van der Waals surface area contributed by atoms with Crippen LogP contribution in [0.15, 0.2) is 42.5 Å². The highest BCUT2D eigenvalue weighted by atomic mass is 16.4. The van der Waals surface area contributed by atoms with Crippen LogP contribution in [0.5, 0.6) is 0 Å². The van der Waals surface area contributed by atoms with Gasteiger partial charge in [-0.05, 0) is 22.9 Å². The van der Waals surface area contributed by atoms with Crippen molar-refractivity contribution >= 4 is 22.6 Å². The number of rotatable bonds is 2. The number of carbonyl (C=O) groups is 2. The molecule has 2 N–H and O–H groups in total. The summed E-state index contributed by atoms with van der Waals surface area (Å²) in [5.41, 5.74) is 0.439. The molecule has 0 bridgehead atoms. The third-order valence-electron chi connectivity index (χ3n) is 3.82. The van der Waals surface area contributed by atoms with E-state index in [1.807, 2.05) is 30.3 Å². The largest absolute Gasteiger partial charge is 0.480 e. The van der Waals surface area contributed by atoms with Gasteiger partial charge in [-0.3, -0.25) is 4.79 Å². The number of aliphatic hydroxyl groups is 1. The molecule has 0 radical (unpaired) electrons. The summed E-state index contributed by atoms with van der Waals surface area (Å²) in [6, 6.07) is 12.0. The molecule has 0 aliphatic carbocycles. The van der Waals surface area contributed by atoms with Gasteiger partial charge in [-0.25, -0.2) is 4.79 Å². The molecule has 1 heterocycles. The summed E-state index contributed by atoms with van der Waals surface area (Å²) in [5, 5.41) is 20.7. The van der Waals surface area contributed by atoms with Crippen molar-refractivity contribution in [3.05, 3.63) is 48.0 Å². The first-order valence-electron chi connectivity index (χ1n) is 6.77. The number of benzene rings is 2. The van der Waals surface area contributed by atoms with Gasteiger partial charge in [0.2, 0.25) is 0 Å². The van der Waals surface area contributed by atoms with Gasteiger partial charge < -0.3 is 15.1 Å². The Labute approximate surface area is 121 Å². The monoisotopic (exact) mass is 285 g/mol. The number of carboxylic acids is 1. The molecule has 0 unspecified atom stereocenters. The first kappa shape index (κ1) is 13.6. The van der Waals surface area contributed by atoms with Crippen molar-refractivity contribution in [3.8, 4) is 0 Å². The van der Waals surface area contributed by atoms with E-state index in [-0.39, 0.29) is 18.9 Å². The lowest BCUT2D eigenvalue weighted by molar-refractivity contribution is -0.141. The number of amides is 1. The van der Waals surface area contributed by atoms with Gasteiger partial charge in [0.15, 0.2) is 0 Å². The Morgan fingerprint density at radius 2 is 1.81 bits per heavy atom. The highest BCUT2D eigenvalue weighted by molar-refractivity contribution is 6.00. The number of hydrogen-bond acceptors (Lipinski definition) is 3. The van der Waals surface area contributed by atoms with Crippen LogP contribution in [0.2, 0.25) is 0 Å². The number of aliphatic hydroxyl groups excluding tert-OH is 1. The molecule has 3 rings (SSSR count). The molecule has 0 spiro atoms. The van der Waals surface area contributed by atoms with Gasteiger partial charge >= 0.3 is 5.97 Å². The molecule has 1 amide bonds. The Morgan fingerprint density at radius 3 is 2.52 bits per heavy atom. The maximum atomic E-state index is 12.5. The average molecular weight is 285 g/mol. The first-order valence-corrected chi connectivity index (χ1v) is 6.77. The Morgan fingerprint density at radius 1 is 1.10 bits per heavy atom. The van der Waals surface area contributed by atoms with Crippen LogP contribution in [0.25, 0.3) is 10.8 Å². The zero-order chi connectivity index (χ0) is 15.0. The first-order chi connectivity index (χ1) is 10.1. The van der Waals surface area contributed by atoms with Gasteiger partial charge in [0.05, 0.1) is 6.10 Å². The molecule has 1 fully saturated rings. The molecule has 1 aliphatic rings. The molecule has 108 valence electrons. The number of β-amino-alcohol motifs (C(OH)–C–C–N with tert-alkyl or cyclic N) is 1. The van der Waals surface area contributed by atoms with Crippen molar-refractivity contribution in [2.45, 2.75) is 18.6 Å². The third-order valence-corrected chi connectivity index (χ3v) is 3.82. The van der Waals surface area contributed by atoms with Crippen LogP contribution in [0.1, 0.15) is 16.8 Å². The number of hydrogen-bond donors (Lipinski definition) is 2. The number of aliphatic carboxylic acids is 1. The topological polar surface area (TPSA) is 77.8 Å². The molecule has 5 nitrogen and oxygen atoms in total. The average Bonchev–Trinajstić information content (AvgIpc) is 2.88. The van der Waals surface area contributed by atoms with E-state index in [1.54, 1.807) is 12.1 Å². The highest BCUT2D eigenvalue weighted by Gasteiger charge is 2.39. The lowest BCUT2D eigenvalue weighted by atomic mass is 10.1. The summed E-state index contributed by atoms with van der Waals surface area (Å²) in [5.74, 6) is -1.44. The van der Waals surface area contributed by atoms with Crippen LogP contribution < -0.4 is 0 Å². The van der Waals surface area contributed by atoms with Crippen molar-refractivity contribution in [2.24, 2.45) is 0 Å². The van der Waals surface area contributed by atoms with Crippen molar-refractivity contribution in [1.82, 2.24) is 4.90 Å². The lowest BCUT2D eigenvalue weighted by Crippen LogP contribution is -2.40. The van der Waals surface area contributed by atoms with E-state index in [1.165, 1.54) is 4.90 Å². The molecule has 1 aliphatic heterocycles. The summed E-state index contributed by atoms with van der Waals surface area (Å²) in [6.45, 7) is 0.0582. The molecule has 2 aromatic rings. The Bertz CT molecular complexity index is 712. The quantitative estimate of drug-likeness (QED) is 0.876. The maximum absolute atomic E-state index is 12.5. The normalized spacial score (nSPS) is 21.7. The van der Waals surface area contributed by atoms with Crippen LogP contribution in [0, 0.1) is 0 Å². The van der Waals surface area contributed by atoms with Crippen molar-refractivity contribution in [2.75, 3.05) is 6.54 Å². The van der Waals surface area contributed by atoms with E-state index < -0.39 is 18.1 Å². The third kappa shape index (κ3) is 2.48. The molecule has 5 heteroatoms. The van der Waals surface area contributed by atoms with E-state index in [2.05, 4.69) is 0 Å². The van der Waals surface area contributed by atoms with Gasteiger partial charge in [0, 0.05) is 18.5 Å². The van der Waals surface area contributed by atoms with Crippen molar-refractivity contribution < 1.29 is 19.8 Å². The summed E-state index contributed by atoms with van der Waals surface area (Å²) in [6.07, 6.45) is -0.704. The van der Waals surface area contributed by atoms with E-state index in [9.17, 15) is 14.7 Å². The van der Waals surface area contributed by atoms with Crippen LogP contribution in [0.4, 0.5) is 0 Å². The second kappa shape index (κ2) is 5.18. The fourth-order valence-corrected chi connectivity index (χ4v) is 2.76. The van der Waals surface area contributed by atoms with Gasteiger partial charge in [0.25, 0.3) is 5.91 Å². The van der Waals surface area contributed by atoms with E-state index in [4.69, 9.17) is 5.11 Å². The summed E-state index contributed by atoms with van der Waals surface area (Å²) in [7, 11) is 0. The predicted octanol–water partition coefficient (Wildman–Crippen LogP) is 1.50. The Hall–Kier alpha value is -2.40. The second-order valence-corrected chi connectivity index (χ2v) is 5.26. The fourth-order valence-electron chi connectivity index (χ4n) is 2.76. The fraction of sp³-hybridized carbons (Fsp3) is 0.250. The molecular weight excluding hydrogens is 270 g/mol. The molecule has 0 saturated carbocycles. The van der Waals surface area contributed by atoms with Crippen molar-refractivity contribution in [1.29, 1.82) is 0 Å². The van der Waals surface area contributed by atoms with Crippen molar-refractivity contribution in [3.63, 3.8) is 0 Å². The number of carbonyl (C=O) groups excluding carboxylic acids is 1. The van der Waals surface area contributed by atoms with Gasteiger partial charge in [-0.1, -0.05) is 30.3 Å². The van der Waals surface area contributed by atoms with Gasteiger partial charge in [-0.15, -0.1) is 0 Å². The zero-order valence-corrected chi connectivity index (χ0v) is 11.3. The Balaban J connectivity index is 1.94. The number of fused-ring (bicyclic) bond motifs is 1. The molecule has 2 atom stereocenters. The zero-order valence-electron chi connectivity index (χ0n) is 11.3. The van der Waals surface area contributed by atoms with Crippen LogP contribution in [-0.4, -0.2) is 45.7 Å². The van der Waals surface area contributed by atoms with Gasteiger partial charge in [-0.2, -0.15) is 0 Å². The minimum Gasteiger partial charge on any atom is -0.480 e. The maximum Gasteiger partial charge on any atom is 0.326 e. The Kier molecular flexibility index (Phi) is 3.35. The number of nitrogens with zero attached hydrogens (tertiary/aromatic N) is 1. The smallest absolute Gasteiger partial charge is 0.326 e. The summed E-state index contributed by atoms with van der Waals surface area (Å²) < 4.78 is 0. The summed E-state index contributed by atoms with van der Waals surface area (Å²) in [4.78, 5) is 24.9. The van der Waals surface area contributed by atoms with Crippen LogP contribution >= 0.6 is 0 Å². The number of carboxylic acid groups (broad SMARTS) is 1. The summed E-state index contributed by atoms with van der Waals surface area (Å²) >= 11 is 0. The standard InChI is InChI=1S/C16H15NO4/c18-13-8-14(16(20)21)17(9-13)15(19)12-6-5-10-3-1-2-4-11(10)7-12/h1-7,13-14,18H,8-9H2,(H,20,21)/t13-,14-/m0/s1. The van der Waals surface area contributed by atoms with Crippen LogP contribution in [0.3, 0.4) is 0 Å². The lowest BCUT2D eigenvalue weighted by Gasteiger charge is -2.21. The molecule has 21 heavy (non-hydrogen) atoms. The molecule has 2 aromatic carbocycles. The molecule has 0 aromatic heterocycles. The van der Waals surface area contributed by atoms with E-state index in [0.29, 0.717) is 5.56 Å². The van der Waals surface area contributed by atoms with E-state index in [0.717, 1.165) is 10.8 Å². The van der Waals surface area contributed by atoms with Gasteiger partial charge in [0.1, 0.15) is 6.04 Å². The number of likely N-dealkylation sites (tertiary alicyclic amines) is 1. The van der Waals surface area contributed by atoms with E-state index >= 15 is 0 Å². The minimum absolute atomic E-state index is 0.0582.